The molecule has 3 rings (SSSR count). The smallest absolute Gasteiger partial charge is 0.475 e. The number of hydrogen-bond acceptors (Lipinski definition) is 7. The highest BCUT2D eigenvalue weighted by atomic mass is 19.4. The number of hydrogen-bond donors (Lipinski definition) is 2. The van der Waals surface area contributed by atoms with Gasteiger partial charge in [-0.05, 0) is 20.2 Å². The van der Waals surface area contributed by atoms with Gasteiger partial charge in [-0.3, -0.25) is 0 Å². The minimum atomic E-state index is -5.08. The molecule has 1 aromatic rings. The molecule has 11 nitrogen and oxygen atoms in total. The minimum absolute atomic E-state index is 0.113. The number of carboxylic acid groups (broad SMARTS) is 2. The summed E-state index contributed by atoms with van der Waals surface area (Å²) in [6.45, 7) is 6.66. The number of aromatic nitrogens is 1. The van der Waals surface area contributed by atoms with E-state index < -0.39 is 24.3 Å². The van der Waals surface area contributed by atoms with E-state index in [1.807, 2.05) is 22.1 Å². The maximum atomic E-state index is 12.8. The van der Waals surface area contributed by atoms with Crippen molar-refractivity contribution in [3.05, 3.63) is 23.9 Å². The topological polar surface area (TPSA) is 127 Å². The van der Waals surface area contributed by atoms with E-state index in [0.717, 1.165) is 37.6 Å². The number of fused-ring (bicyclic) bond motifs is 1. The third-order valence-electron chi connectivity index (χ3n) is 5.02. The first kappa shape index (κ1) is 32.7. The first-order valence-corrected chi connectivity index (χ1v) is 11.1. The molecule has 0 atom stereocenters. The van der Waals surface area contributed by atoms with Crippen LogP contribution in [0.25, 0.3) is 0 Å². The zero-order valence-corrected chi connectivity index (χ0v) is 20.6. The summed E-state index contributed by atoms with van der Waals surface area (Å²) in [6, 6.07) is 4.14. The Bertz CT molecular complexity index is 901. The number of morpholine rings is 1. The van der Waals surface area contributed by atoms with Crippen LogP contribution in [0.4, 0.5) is 37.0 Å². The summed E-state index contributed by atoms with van der Waals surface area (Å²) in [5.41, 5.74) is 1.12. The number of ether oxygens (including phenoxy) is 1. The Hall–Kier alpha value is -3.34. The maximum Gasteiger partial charge on any atom is 0.490 e. The van der Waals surface area contributed by atoms with E-state index in [0.29, 0.717) is 32.8 Å². The SMILES string of the molecule is CN(C)CCN1CCN(C(=O)N2CCOCC2)Cc2cccnc21.O=C(O)C(F)(F)F.O=C(O)C(F)(F)F. The van der Waals surface area contributed by atoms with Crippen molar-refractivity contribution in [2.45, 2.75) is 18.9 Å². The van der Waals surface area contributed by atoms with Crippen molar-refractivity contribution in [2.24, 2.45) is 0 Å². The van der Waals surface area contributed by atoms with Gasteiger partial charge in [0.1, 0.15) is 5.82 Å². The number of nitrogens with zero attached hydrogens (tertiary/aromatic N) is 5. The van der Waals surface area contributed by atoms with Gasteiger partial charge in [-0.2, -0.15) is 26.3 Å². The molecule has 0 unspecified atom stereocenters. The fraction of sp³-hybridized carbons (Fsp3) is 0.619. The van der Waals surface area contributed by atoms with Crippen molar-refractivity contribution in [1.82, 2.24) is 19.7 Å². The molecule has 0 saturated carbocycles. The number of carboxylic acids is 2. The highest BCUT2D eigenvalue weighted by Gasteiger charge is 2.39. The molecule has 2 aliphatic heterocycles. The van der Waals surface area contributed by atoms with Crippen LogP contribution < -0.4 is 4.90 Å². The van der Waals surface area contributed by atoms with Crippen molar-refractivity contribution in [2.75, 3.05) is 71.5 Å². The number of pyridine rings is 1. The molecule has 1 fully saturated rings. The average molecular weight is 561 g/mol. The first-order valence-electron chi connectivity index (χ1n) is 11.1. The molecule has 216 valence electrons. The average Bonchev–Trinajstić information content (AvgIpc) is 3.02. The standard InChI is InChI=1S/C17H27N5O2.2C2HF3O2/c1-19(2)6-7-20-8-9-22(14-15-4-3-5-18-16(15)20)17(23)21-10-12-24-13-11-21;2*3-2(4,5)1(6)7/h3-5H,6-14H2,1-2H3;2*(H,6,7). The molecular weight excluding hydrogens is 532 g/mol. The van der Waals surface area contributed by atoms with E-state index in [9.17, 15) is 31.1 Å². The number of amides is 2. The quantitative estimate of drug-likeness (QED) is 0.533. The van der Waals surface area contributed by atoms with Gasteiger partial charge >= 0.3 is 30.3 Å². The normalized spacial score (nSPS) is 15.9. The Morgan fingerprint density at radius 2 is 1.47 bits per heavy atom. The predicted octanol–water partition coefficient (Wildman–Crippen LogP) is 1.98. The second-order valence-electron chi connectivity index (χ2n) is 8.19. The number of anilines is 1. The predicted molar refractivity (Wildman–Crippen MR) is 121 cm³/mol. The number of rotatable bonds is 3. The van der Waals surface area contributed by atoms with Crippen LogP contribution in [0.2, 0.25) is 0 Å². The van der Waals surface area contributed by atoms with Crippen molar-refractivity contribution < 1.29 is 55.7 Å². The van der Waals surface area contributed by atoms with Gasteiger partial charge in [-0.15, -0.1) is 0 Å². The summed E-state index contributed by atoms with van der Waals surface area (Å²) >= 11 is 0. The summed E-state index contributed by atoms with van der Waals surface area (Å²) < 4.78 is 68.8. The number of aliphatic carboxylic acids is 2. The third-order valence-corrected chi connectivity index (χ3v) is 5.02. The zero-order valence-electron chi connectivity index (χ0n) is 20.6. The molecule has 1 aromatic heterocycles. The van der Waals surface area contributed by atoms with Crippen molar-refractivity contribution in [3.8, 4) is 0 Å². The summed E-state index contributed by atoms with van der Waals surface area (Å²) in [6.07, 6.45) is -8.33. The molecule has 0 bridgehead atoms. The molecule has 2 aliphatic rings. The van der Waals surface area contributed by atoms with Crippen LogP contribution in [0.5, 0.6) is 0 Å². The Balaban J connectivity index is 0.000000426. The summed E-state index contributed by atoms with van der Waals surface area (Å²) in [5, 5.41) is 14.2. The van der Waals surface area contributed by atoms with Crippen molar-refractivity contribution >= 4 is 23.8 Å². The fourth-order valence-corrected chi connectivity index (χ4v) is 3.13. The Kier molecular flexibility index (Phi) is 12.5. The van der Waals surface area contributed by atoms with Gasteiger partial charge in [0.25, 0.3) is 0 Å². The zero-order chi connectivity index (χ0) is 29.1. The van der Waals surface area contributed by atoms with Crippen LogP contribution in [0.3, 0.4) is 0 Å². The molecule has 1 saturated heterocycles. The number of urea groups is 1. The Morgan fingerprint density at radius 3 is 1.95 bits per heavy atom. The van der Waals surface area contributed by atoms with E-state index in [1.165, 1.54) is 0 Å². The van der Waals surface area contributed by atoms with Gasteiger partial charge in [0.15, 0.2) is 0 Å². The van der Waals surface area contributed by atoms with E-state index in [2.05, 4.69) is 34.9 Å². The molecule has 2 amide bonds. The van der Waals surface area contributed by atoms with Gasteiger partial charge in [0.05, 0.1) is 19.8 Å². The second kappa shape index (κ2) is 14.6. The molecule has 17 heteroatoms. The summed E-state index contributed by atoms with van der Waals surface area (Å²) in [5.74, 6) is -4.50. The van der Waals surface area contributed by atoms with Crippen molar-refractivity contribution in [3.63, 3.8) is 0 Å². The molecule has 0 spiro atoms. The van der Waals surface area contributed by atoms with Crippen molar-refractivity contribution in [1.29, 1.82) is 0 Å². The Morgan fingerprint density at radius 1 is 0.947 bits per heavy atom. The highest BCUT2D eigenvalue weighted by Crippen LogP contribution is 2.23. The van der Waals surface area contributed by atoms with Gasteiger partial charge in [-0.25, -0.2) is 19.4 Å². The molecule has 2 N–H and O–H groups in total. The number of carbonyl (C=O) groups is 3. The van der Waals surface area contributed by atoms with Gasteiger partial charge < -0.3 is 34.5 Å². The molecule has 0 aliphatic carbocycles. The molecule has 38 heavy (non-hydrogen) atoms. The number of halogens is 6. The lowest BCUT2D eigenvalue weighted by molar-refractivity contribution is -0.193. The first-order chi connectivity index (χ1) is 17.5. The van der Waals surface area contributed by atoms with Crippen LogP contribution in [-0.4, -0.2) is 127 Å². The second-order valence-corrected chi connectivity index (χ2v) is 8.19. The maximum absolute atomic E-state index is 12.8. The third kappa shape index (κ3) is 11.4. The Labute approximate surface area is 214 Å². The van der Waals surface area contributed by atoms with E-state index in [4.69, 9.17) is 24.5 Å². The van der Waals surface area contributed by atoms with Gasteiger partial charge in [-0.1, -0.05) is 6.07 Å². The van der Waals surface area contributed by atoms with Crippen LogP contribution in [0.15, 0.2) is 18.3 Å². The highest BCUT2D eigenvalue weighted by molar-refractivity contribution is 5.75. The summed E-state index contributed by atoms with van der Waals surface area (Å²) in [4.78, 5) is 43.5. The number of carbonyl (C=O) groups excluding carboxylic acids is 1. The monoisotopic (exact) mass is 561 g/mol. The van der Waals surface area contributed by atoms with E-state index >= 15 is 0 Å². The van der Waals surface area contributed by atoms with Crippen LogP contribution in [0, 0.1) is 0 Å². The molecule has 0 aromatic carbocycles. The molecular formula is C21H29F6N5O6. The summed E-state index contributed by atoms with van der Waals surface area (Å²) in [7, 11) is 4.15. The van der Waals surface area contributed by atoms with E-state index in [1.54, 1.807) is 0 Å². The largest absolute Gasteiger partial charge is 0.490 e. The van der Waals surface area contributed by atoms with Gasteiger partial charge in [0.2, 0.25) is 0 Å². The fourth-order valence-electron chi connectivity index (χ4n) is 3.13. The van der Waals surface area contributed by atoms with Crippen LogP contribution in [0.1, 0.15) is 5.56 Å². The van der Waals surface area contributed by atoms with Crippen LogP contribution in [-0.2, 0) is 20.9 Å². The molecule has 0 radical (unpaired) electrons. The lowest BCUT2D eigenvalue weighted by atomic mass is 10.2. The number of likely N-dealkylation sites (N-methyl/N-ethyl adjacent to an activating group) is 1. The molecule has 3 heterocycles. The number of alkyl halides is 6. The minimum Gasteiger partial charge on any atom is -0.475 e. The van der Waals surface area contributed by atoms with Gasteiger partial charge in [0, 0.05) is 51.0 Å². The lowest BCUT2D eigenvalue weighted by Crippen LogP contribution is -2.49. The van der Waals surface area contributed by atoms with Crippen LogP contribution >= 0.6 is 0 Å². The van der Waals surface area contributed by atoms with E-state index in [-0.39, 0.29) is 6.03 Å². The lowest BCUT2D eigenvalue weighted by Gasteiger charge is -2.32.